The number of halogens is 1. The predicted molar refractivity (Wildman–Crippen MR) is 59.8 cm³/mol. The molecule has 0 heterocycles. The van der Waals surface area contributed by atoms with Crippen molar-refractivity contribution in [2.45, 2.75) is 25.1 Å². The standard InChI is InChI=1S/C11H15BrO/c1-8(12)7-10-5-4-6-11(13-3)9(10)2/h4-6,8H,7H2,1-3H3. The molecular weight excluding hydrogens is 228 g/mol. The molecule has 1 atom stereocenters. The smallest absolute Gasteiger partial charge is 0.122 e. The first-order valence-corrected chi connectivity index (χ1v) is 5.33. The highest BCUT2D eigenvalue weighted by molar-refractivity contribution is 9.09. The zero-order chi connectivity index (χ0) is 9.84. The zero-order valence-electron chi connectivity index (χ0n) is 8.30. The molecule has 0 saturated carbocycles. The Morgan fingerprint density at radius 3 is 2.69 bits per heavy atom. The van der Waals surface area contributed by atoms with Gasteiger partial charge in [-0.05, 0) is 30.5 Å². The van der Waals surface area contributed by atoms with Gasteiger partial charge in [0.1, 0.15) is 5.75 Å². The summed E-state index contributed by atoms with van der Waals surface area (Å²) >= 11 is 3.55. The van der Waals surface area contributed by atoms with Crippen molar-refractivity contribution in [3.05, 3.63) is 29.3 Å². The molecule has 0 spiro atoms. The minimum atomic E-state index is 0.512. The summed E-state index contributed by atoms with van der Waals surface area (Å²) in [6.45, 7) is 4.25. The number of methoxy groups -OCH3 is 1. The lowest BCUT2D eigenvalue weighted by Crippen LogP contribution is -2.00. The number of ether oxygens (including phenoxy) is 1. The number of benzene rings is 1. The molecule has 0 aliphatic carbocycles. The van der Waals surface area contributed by atoms with Gasteiger partial charge < -0.3 is 4.74 Å². The molecule has 0 radical (unpaired) electrons. The summed E-state index contributed by atoms with van der Waals surface area (Å²) in [4.78, 5) is 0.512. The summed E-state index contributed by atoms with van der Waals surface area (Å²) in [5.41, 5.74) is 2.60. The van der Waals surface area contributed by atoms with E-state index in [1.54, 1.807) is 7.11 Å². The van der Waals surface area contributed by atoms with Crippen LogP contribution in [0, 0.1) is 6.92 Å². The molecule has 1 aromatic rings. The Hall–Kier alpha value is -0.500. The highest BCUT2D eigenvalue weighted by atomic mass is 79.9. The van der Waals surface area contributed by atoms with Gasteiger partial charge in [-0.3, -0.25) is 0 Å². The minimum absolute atomic E-state index is 0.512. The number of hydrogen-bond donors (Lipinski definition) is 0. The summed E-state index contributed by atoms with van der Waals surface area (Å²) < 4.78 is 5.25. The normalized spacial score (nSPS) is 12.6. The molecule has 1 aromatic carbocycles. The summed E-state index contributed by atoms with van der Waals surface area (Å²) in [5.74, 6) is 0.977. The monoisotopic (exact) mass is 242 g/mol. The van der Waals surface area contributed by atoms with Crippen LogP contribution in [0.1, 0.15) is 18.1 Å². The van der Waals surface area contributed by atoms with E-state index in [2.05, 4.69) is 35.8 Å². The number of alkyl halides is 1. The average molecular weight is 243 g/mol. The van der Waals surface area contributed by atoms with Gasteiger partial charge in [0.05, 0.1) is 7.11 Å². The summed E-state index contributed by atoms with van der Waals surface area (Å²) in [7, 11) is 1.71. The Morgan fingerprint density at radius 2 is 2.15 bits per heavy atom. The molecular formula is C11H15BrO. The van der Waals surface area contributed by atoms with Crippen molar-refractivity contribution in [3.63, 3.8) is 0 Å². The summed E-state index contributed by atoms with van der Waals surface area (Å²) in [5, 5.41) is 0. The van der Waals surface area contributed by atoms with Crippen LogP contribution in [-0.2, 0) is 6.42 Å². The van der Waals surface area contributed by atoms with Crippen molar-refractivity contribution in [2.75, 3.05) is 7.11 Å². The van der Waals surface area contributed by atoms with Crippen molar-refractivity contribution in [1.29, 1.82) is 0 Å². The van der Waals surface area contributed by atoms with Crippen molar-refractivity contribution < 1.29 is 4.74 Å². The molecule has 0 fully saturated rings. The van der Waals surface area contributed by atoms with Crippen LogP contribution in [0.3, 0.4) is 0 Å². The van der Waals surface area contributed by atoms with Gasteiger partial charge in [-0.1, -0.05) is 35.0 Å². The first-order valence-electron chi connectivity index (χ1n) is 4.41. The van der Waals surface area contributed by atoms with E-state index in [-0.39, 0.29) is 0 Å². The lowest BCUT2D eigenvalue weighted by Gasteiger charge is -2.10. The fourth-order valence-corrected chi connectivity index (χ4v) is 1.75. The van der Waals surface area contributed by atoms with Crippen LogP contribution < -0.4 is 4.74 Å². The van der Waals surface area contributed by atoms with Crippen molar-refractivity contribution in [2.24, 2.45) is 0 Å². The third kappa shape index (κ3) is 2.73. The van der Waals surface area contributed by atoms with Gasteiger partial charge in [-0.25, -0.2) is 0 Å². The largest absolute Gasteiger partial charge is 0.496 e. The molecule has 72 valence electrons. The van der Waals surface area contributed by atoms with E-state index in [1.165, 1.54) is 11.1 Å². The van der Waals surface area contributed by atoms with E-state index < -0.39 is 0 Å². The Morgan fingerprint density at radius 1 is 1.46 bits per heavy atom. The van der Waals surface area contributed by atoms with Crippen LogP contribution in [0.5, 0.6) is 5.75 Å². The van der Waals surface area contributed by atoms with E-state index in [1.807, 2.05) is 12.1 Å². The van der Waals surface area contributed by atoms with Crippen LogP contribution in [0.15, 0.2) is 18.2 Å². The van der Waals surface area contributed by atoms with Crippen molar-refractivity contribution >= 4 is 15.9 Å². The summed E-state index contributed by atoms with van der Waals surface area (Å²) in [6.07, 6.45) is 1.04. The fraction of sp³-hybridized carbons (Fsp3) is 0.455. The second-order valence-electron chi connectivity index (χ2n) is 3.23. The maximum absolute atomic E-state index is 5.25. The van der Waals surface area contributed by atoms with Crippen LogP contribution in [0.4, 0.5) is 0 Å². The average Bonchev–Trinajstić information content (AvgIpc) is 2.08. The molecule has 1 nitrogen and oxygen atoms in total. The molecule has 0 amide bonds. The van der Waals surface area contributed by atoms with Gasteiger partial charge in [0.25, 0.3) is 0 Å². The minimum Gasteiger partial charge on any atom is -0.496 e. The van der Waals surface area contributed by atoms with Gasteiger partial charge in [0, 0.05) is 4.83 Å². The van der Waals surface area contributed by atoms with Crippen LogP contribution in [0.25, 0.3) is 0 Å². The third-order valence-corrected chi connectivity index (χ3v) is 2.44. The van der Waals surface area contributed by atoms with Crippen molar-refractivity contribution in [1.82, 2.24) is 0 Å². The van der Waals surface area contributed by atoms with Gasteiger partial charge in [0.15, 0.2) is 0 Å². The van der Waals surface area contributed by atoms with Crippen LogP contribution in [0.2, 0.25) is 0 Å². The highest BCUT2D eigenvalue weighted by Gasteiger charge is 2.05. The second kappa shape index (κ2) is 4.66. The quantitative estimate of drug-likeness (QED) is 0.740. The van der Waals surface area contributed by atoms with E-state index in [4.69, 9.17) is 4.74 Å². The Labute approximate surface area is 88.2 Å². The SMILES string of the molecule is COc1cccc(CC(C)Br)c1C. The molecule has 0 aliphatic heterocycles. The zero-order valence-corrected chi connectivity index (χ0v) is 9.89. The van der Waals surface area contributed by atoms with Gasteiger partial charge in [-0.15, -0.1) is 0 Å². The summed E-state index contributed by atoms with van der Waals surface area (Å²) in [6, 6.07) is 6.18. The van der Waals surface area contributed by atoms with E-state index in [9.17, 15) is 0 Å². The molecule has 1 unspecified atom stereocenters. The molecule has 0 aliphatic rings. The lowest BCUT2D eigenvalue weighted by molar-refractivity contribution is 0.411. The Balaban J connectivity index is 2.94. The first kappa shape index (κ1) is 10.6. The molecule has 0 N–H and O–H groups in total. The maximum atomic E-state index is 5.25. The van der Waals surface area contributed by atoms with E-state index in [0.29, 0.717) is 4.83 Å². The van der Waals surface area contributed by atoms with Gasteiger partial charge in [0.2, 0.25) is 0 Å². The lowest BCUT2D eigenvalue weighted by atomic mass is 10.0. The third-order valence-electron chi connectivity index (χ3n) is 2.12. The predicted octanol–water partition coefficient (Wildman–Crippen LogP) is 3.33. The van der Waals surface area contributed by atoms with Crippen molar-refractivity contribution in [3.8, 4) is 5.75 Å². The van der Waals surface area contributed by atoms with Gasteiger partial charge in [-0.2, -0.15) is 0 Å². The number of rotatable bonds is 3. The molecule has 0 bridgehead atoms. The molecule has 13 heavy (non-hydrogen) atoms. The molecule has 2 heteroatoms. The van der Waals surface area contributed by atoms with Crippen LogP contribution >= 0.6 is 15.9 Å². The van der Waals surface area contributed by atoms with E-state index in [0.717, 1.165) is 12.2 Å². The topological polar surface area (TPSA) is 9.23 Å². The van der Waals surface area contributed by atoms with Gasteiger partial charge >= 0.3 is 0 Å². The molecule has 0 aromatic heterocycles. The fourth-order valence-electron chi connectivity index (χ4n) is 1.41. The molecule has 1 rings (SSSR count). The molecule has 0 saturated heterocycles. The highest BCUT2D eigenvalue weighted by Crippen LogP contribution is 2.22. The first-order chi connectivity index (χ1) is 6.15. The maximum Gasteiger partial charge on any atom is 0.122 e. The number of hydrogen-bond acceptors (Lipinski definition) is 1. The van der Waals surface area contributed by atoms with E-state index >= 15 is 0 Å². The Bertz CT molecular complexity index is 281. The van der Waals surface area contributed by atoms with Crippen LogP contribution in [-0.4, -0.2) is 11.9 Å². The second-order valence-corrected chi connectivity index (χ2v) is 4.79. The Kier molecular flexibility index (Phi) is 3.79.